The maximum absolute atomic E-state index is 9.42. The molecule has 0 heterocycles. The minimum absolute atomic E-state index is 0.0250. The van der Waals surface area contributed by atoms with Gasteiger partial charge in [-0.1, -0.05) is 23.7 Å². The smallest absolute Gasteiger partial charge is 0.118 e. The van der Waals surface area contributed by atoms with Crippen LogP contribution in [0.2, 0.25) is 5.02 Å². The minimum Gasteiger partial charge on any atom is -0.497 e. The molecule has 20 heavy (non-hydrogen) atoms. The summed E-state index contributed by atoms with van der Waals surface area (Å²) in [6, 6.07) is 13.5. The maximum Gasteiger partial charge on any atom is 0.118 e. The van der Waals surface area contributed by atoms with Crippen LogP contribution in [0.5, 0.6) is 5.75 Å². The molecule has 0 unspecified atom stereocenters. The van der Waals surface area contributed by atoms with Crippen molar-refractivity contribution < 1.29 is 9.84 Å². The number of nitrogens with zero attached hydrogens (tertiary/aromatic N) is 1. The molecule has 0 spiro atoms. The molecule has 0 radical (unpaired) electrons. The molecule has 0 amide bonds. The van der Waals surface area contributed by atoms with Crippen molar-refractivity contribution in [2.75, 3.05) is 19.1 Å². The Bertz CT molecular complexity index is 569. The Morgan fingerprint density at radius 1 is 1.15 bits per heavy atom. The van der Waals surface area contributed by atoms with Crippen molar-refractivity contribution in [2.24, 2.45) is 0 Å². The number of hydrogen-bond donors (Lipinski definition) is 1. The molecule has 0 aliphatic rings. The molecule has 2 rings (SSSR count). The van der Waals surface area contributed by atoms with Gasteiger partial charge in [0.25, 0.3) is 0 Å². The van der Waals surface area contributed by atoms with Crippen molar-refractivity contribution in [3.05, 3.63) is 58.6 Å². The maximum atomic E-state index is 9.42. The van der Waals surface area contributed by atoms with Gasteiger partial charge in [0.2, 0.25) is 0 Å². The zero-order chi connectivity index (χ0) is 14.5. The fourth-order valence-electron chi connectivity index (χ4n) is 2.14. The summed E-state index contributed by atoms with van der Waals surface area (Å²) in [4.78, 5) is 2.09. The first-order valence-corrected chi connectivity index (χ1v) is 6.75. The highest BCUT2D eigenvalue weighted by atomic mass is 35.5. The molecule has 0 fully saturated rings. The summed E-state index contributed by atoms with van der Waals surface area (Å²) in [5.74, 6) is 0.846. The molecular weight excluding hydrogens is 274 g/mol. The van der Waals surface area contributed by atoms with E-state index in [4.69, 9.17) is 16.3 Å². The highest BCUT2D eigenvalue weighted by Crippen LogP contribution is 2.25. The minimum atomic E-state index is -0.0250. The lowest BCUT2D eigenvalue weighted by atomic mass is 10.1. The summed E-state index contributed by atoms with van der Waals surface area (Å²) in [5.41, 5.74) is 2.98. The van der Waals surface area contributed by atoms with Crippen molar-refractivity contribution in [1.29, 1.82) is 0 Å². The fraction of sp³-hybridized carbons (Fsp3) is 0.250. The predicted octanol–water partition coefficient (Wildman–Crippen LogP) is 3.48. The van der Waals surface area contributed by atoms with Gasteiger partial charge >= 0.3 is 0 Å². The Kier molecular flexibility index (Phi) is 4.88. The van der Waals surface area contributed by atoms with E-state index in [1.807, 2.05) is 43.4 Å². The van der Waals surface area contributed by atoms with Crippen LogP contribution < -0.4 is 9.64 Å². The van der Waals surface area contributed by atoms with Gasteiger partial charge in [-0.15, -0.1) is 0 Å². The van der Waals surface area contributed by atoms with Gasteiger partial charge in [-0.05, 0) is 35.9 Å². The number of anilines is 1. The average molecular weight is 292 g/mol. The van der Waals surface area contributed by atoms with E-state index in [0.717, 1.165) is 23.5 Å². The average Bonchev–Trinajstić information content (AvgIpc) is 2.47. The van der Waals surface area contributed by atoms with E-state index >= 15 is 0 Å². The van der Waals surface area contributed by atoms with Crippen LogP contribution in [0.1, 0.15) is 11.1 Å². The SMILES string of the molecule is COc1ccc(CN(C)c2ccc(Cl)cc2CO)cc1. The summed E-state index contributed by atoms with van der Waals surface area (Å²) in [6.45, 7) is 0.724. The Hall–Kier alpha value is -1.71. The standard InChI is InChI=1S/C16H18ClNO2/c1-18(10-12-3-6-15(20-2)7-4-12)16-8-5-14(17)9-13(16)11-19/h3-9,19H,10-11H2,1-2H3. The topological polar surface area (TPSA) is 32.7 Å². The lowest BCUT2D eigenvalue weighted by molar-refractivity contribution is 0.282. The monoisotopic (exact) mass is 291 g/mol. The van der Waals surface area contributed by atoms with Crippen LogP contribution in [-0.4, -0.2) is 19.3 Å². The first kappa shape index (κ1) is 14.7. The number of rotatable bonds is 5. The first-order chi connectivity index (χ1) is 9.63. The number of benzene rings is 2. The van der Waals surface area contributed by atoms with E-state index in [2.05, 4.69) is 4.90 Å². The van der Waals surface area contributed by atoms with Gasteiger partial charge in [-0.2, -0.15) is 0 Å². The molecular formula is C16H18ClNO2. The van der Waals surface area contributed by atoms with Crippen molar-refractivity contribution in [3.63, 3.8) is 0 Å². The third-order valence-electron chi connectivity index (χ3n) is 3.20. The first-order valence-electron chi connectivity index (χ1n) is 6.37. The van der Waals surface area contributed by atoms with Crippen LogP contribution in [0, 0.1) is 0 Å². The second kappa shape index (κ2) is 6.64. The molecule has 3 nitrogen and oxygen atoms in total. The second-order valence-corrected chi connectivity index (χ2v) is 5.07. The fourth-order valence-corrected chi connectivity index (χ4v) is 2.34. The number of aliphatic hydroxyl groups excluding tert-OH is 1. The molecule has 0 atom stereocenters. The number of methoxy groups -OCH3 is 1. The largest absolute Gasteiger partial charge is 0.497 e. The summed E-state index contributed by atoms with van der Waals surface area (Å²) in [5, 5.41) is 10.1. The molecule has 0 aromatic heterocycles. The summed E-state index contributed by atoms with van der Waals surface area (Å²) < 4.78 is 5.15. The van der Waals surface area contributed by atoms with Gasteiger partial charge in [0.05, 0.1) is 13.7 Å². The van der Waals surface area contributed by atoms with E-state index in [1.54, 1.807) is 13.2 Å². The summed E-state index contributed by atoms with van der Waals surface area (Å²) in [7, 11) is 3.65. The third kappa shape index (κ3) is 3.44. The van der Waals surface area contributed by atoms with Crippen LogP contribution in [0.4, 0.5) is 5.69 Å². The molecule has 0 saturated heterocycles. The highest BCUT2D eigenvalue weighted by molar-refractivity contribution is 6.30. The summed E-state index contributed by atoms with van der Waals surface area (Å²) >= 11 is 5.95. The molecule has 2 aromatic carbocycles. The van der Waals surface area contributed by atoms with E-state index < -0.39 is 0 Å². The van der Waals surface area contributed by atoms with Crippen molar-refractivity contribution in [3.8, 4) is 5.75 Å². The Balaban J connectivity index is 2.16. The van der Waals surface area contributed by atoms with Gasteiger partial charge in [0, 0.05) is 29.9 Å². The van der Waals surface area contributed by atoms with E-state index in [-0.39, 0.29) is 6.61 Å². The van der Waals surface area contributed by atoms with Crippen LogP contribution in [-0.2, 0) is 13.2 Å². The molecule has 0 bridgehead atoms. The Labute approximate surface area is 124 Å². The summed E-state index contributed by atoms with van der Waals surface area (Å²) in [6.07, 6.45) is 0. The molecule has 1 N–H and O–H groups in total. The van der Waals surface area contributed by atoms with Gasteiger partial charge in [-0.3, -0.25) is 0 Å². The van der Waals surface area contributed by atoms with Crippen LogP contribution in [0.25, 0.3) is 0 Å². The lowest BCUT2D eigenvalue weighted by Crippen LogP contribution is -2.18. The Morgan fingerprint density at radius 3 is 2.45 bits per heavy atom. The molecule has 106 valence electrons. The zero-order valence-corrected chi connectivity index (χ0v) is 12.4. The molecule has 2 aromatic rings. The second-order valence-electron chi connectivity index (χ2n) is 4.64. The molecule has 0 saturated carbocycles. The van der Waals surface area contributed by atoms with Gasteiger partial charge in [-0.25, -0.2) is 0 Å². The number of hydrogen-bond acceptors (Lipinski definition) is 3. The van der Waals surface area contributed by atoms with E-state index in [1.165, 1.54) is 5.56 Å². The molecule has 0 aliphatic heterocycles. The van der Waals surface area contributed by atoms with E-state index in [0.29, 0.717) is 5.02 Å². The number of aliphatic hydroxyl groups is 1. The highest BCUT2D eigenvalue weighted by Gasteiger charge is 2.08. The Morgan fingerprint density at radius 2 is 1.85 bits per heavy atom. The zero-order valence-electron chi connectivity index (χ0n) is 11.6. The number of ether oxygens (including phenoxy) is 1. The quantitative estimate of drug-likeness (QED) is 0.915. The molecule has 0 aliphatic carbocycles. The van der Waals surface area contributed by atoms with Crippen LogP contribution >= 0.6 is 11.6 Å². The van der Waals surface area contributed by atoms with Gasteiger partial charge < -0.3 is 14.7 Å². The van der Waals surface area contributed by atoms with Crippen molar-refractivity contribution in [1.82, 2.24) is 0 Å². The number of halogens is 1. The van der Waals surface area contributed by atoms with Crippen LogP contribution in [0.15, 0.2) is 42.5 Å². The van der Waals surface area contributed by atoms with Crippen LogP contribution in [0.3, 0.4) is 0 Å². The van der Waals surface area contributed by atoms with Crippen molar-refractivity contribution in [2.45, 2.75) is 13.2 Å². The van der Waals surface area contributed by atoms with Gasteiger partial charge in [0.15, 0.2) is 0 Å². The normalized spacial score (nSPS) is 10.4. The third-order valence-corrected chi connectivity index (χ3v) is 3.44. The molecule has 4 heteroatoms. The predicted molar refractivity (Wildman–Crippen MR) is 82.5 cm³/mol. The van der Waals surface area contributed by atoms with E-state index in [9.17, 15) is 5.11 Å². The van der Waals surface area contributed by atoms with Crippen molar-refractivity contribution >= 4 is 17.3 Å². The van der Waals surface area contributed by atoms with Gasteiger partial charge in [0.1, 0.15) is 5.75 Å². The lowest BCUT2D eigenvalue weighted by Gasteiger charge is -2.22.